The Labute approximate surface area is 49.0 Å². The van der Waals surface area contributed by atoms with Crippen LogP contribution in [0.15, 0.2) is 0 Å². The second-order valence-electron chi connectivity index (χ2n) is 2.01. The third-order valence-corrected chi connectivity index (χ3v) is 2.23. The minimum Gasteiger partial charge on any atom is -0.261 e. The molecular formula is C5H11NS. The summed E-state index contributed by atoms with van der Waals surface area (Å²) in [5.41, 5.74) is 0. The Hall–Kier alpha value is 0.310. The SMILES string of the molecule is CC1CCCSN1. The Morgan fingerprint density at radius 3 is 2.86 bits per heavy atom. The first kappa shape index (κ1) is 5.45. The van der Waals surface area contributed by atoms with E-state index in [-0.39, 0.29) is 0 Å². The van der Waals surface area contributed by atoms with Gasteiger partial charge in [-0.15, -0.1) is 0 Å². The second kappa shape index (κ2) is 2.58. The maximum absolute atomic E-state index is 3.30. The fraction of sp³-hybridized carbons (Fsp3) is 1.00. The smallest absolute Gasteiger partial charge is 0.0143 e. The van der Waals surface area contributed by atoms with E-state index in [1.54, 1.807) is 0 Å². The van der Waals surface area contributed by atoms with E-state index < -0.39 is 0 Å². The van der Waals surface area contributed by atoms with Gasteiger partial charge in [0, 0.05) is 11.8 Å². The van der Waals surface area contributed by atoms with Gasteiger partial charge in [-0.3, -0.25) is 4.72 Å². The van der Waals surface area contributed by atoms with E-state index in [1.165, 1.54) is 18.6 Å². The van der Waals surface area contributed by atoms with Crippen molar-refractivity contribution in [2.75, 3.05) is 5.75 Å². The van der Waals surface area contributed by atoms with Gasteiger partial charge < -0.3 is 0 Å². The summed E-state index contributed by atoms with van der Waals surface area (Å²) < 4.78 is 3.30. The molecule has 0 aromatic carbocycles. The van der Waals surface area contributed by atoms with Crippen LogP contribution in [0.25, 0.3) is 0 Å². The first-order chi connectivity index (χ1) is 3.39. The molecule has 7 heavy (non-hydrogen) atoms. The highest BCUT2D eigenvalue weighted by Crippen LogP contribution is 2.11. The maximum atomic E-state index is 3.30. The van der Waals surface area contributed by atoms with Crippen molar-refractivity contribution in [2.45, 2.75) is 25.8 Å². The number of hydrogen-bond donors (Lipinski definition) is 1. The van der Waals surface area contributed by atoms with Crippen LogP contribution in [0, 0.1) is 0 Å². The largest absolute Gasteiger partial charge is 0.261 e. The molecule has 0 spiro atoms. The Morgan fingerprint density at radius 1 is 1.71 bits per heavy atom. The van der Waals surface area contributed by atoms with Crippen molar-refractivity contribution in [3.8, 4) is 0 Å². The molecule has 0 aromatic heterocycles. The van der Waals surface area contributed by atoms with Gasteiger partial charge in [-0.2, -0.15) is 0 Å². The van der Waals surface area contributed by atoms with E-state index in [4.69, 9.17) is 0 Å². The van der Waals surface area contributed by atoms with Crippen LogP contribution in [0.5, 0.6) is 0 Å². The van der Waals surface area contributed by atoms with Crippen LogP contribution in [0.2, 0.25) is 0 Å². The molecular weight excluding hydrogens is 106 g/mol. The van der Waals surface area contributed by atoms with Crippen molar-refractivity contribution in [2.24, 2.45) is 0 Å². The van der Waals surface area contributed by atoms with Gasteiger partial charge in [0.05, 0.1) is 0 Å². The van der Waals surface area contributed by atoms with Gasteiger partial charge in [0.15, 0.2) is 0 Å². The monoisotopic (exact) mass is 117 g/mol. The van der Waals surface area contributed by atoms with Crippen LogP contribution in [0.1, 0.15) is 19.8 Å². The minimum absolute atomic E-state index is 0.749. The fourth-order valence-electron chi connectivity index (χ4n) is 0.722. The van der Waals surface area contributed by atoms with Crippen molar-refractivity contribution in [3.05, 3.63) is 0 Å². The highest BCUT2D eigenvalue weighted by molar-refractivity contribution is 7.97. The summed E-state index contributed by atoms with van der Waals surface area (Å²) in [6.07, 6.45) is 2.74. The molecule has 1 atom stereocenters. The summed E-state index contributed by atoms with van der Waals surface area (Å²) in [6, 6.07) is 0.749. The van der Waals surface area contributed by atoms with Crippen molar-refractivity contribution >= 4 is 11.9 Å². The summed E-state index contributed by atoms with van der Waals surface area (Å²) in [5.74, 6) is 1.30. The molecule has 0 amide bonds. The van der Waals surface area contributed by atoms with Crippen molar-refractivity contribution in [3.63, 3.8) is 0 Å². The average molecular weight is 117 g/mol. The predicted molar refractivity (Wildman–Crippen MR) is 34.3 cm³/mol. The molecule has 1 rings (SSSR count). The molecule has 0 aromatic rings. The molecule has 1 nitrogen and oxygen atoms in total. The van der Waals surface area contributed by atoms with Crippen molar-refractivity contribution < 1.29 is 0 Å². The minimum atomic E-state index is 0.749. The topological polar surface area (TPSA) is 12.0 Å². The maximum Gasteiger partial charge on any atom is 0.0143 e. The molecule has 1 unspecified atom stereocenters. The predicted octanol–water partition coefficient (Wildman–Crippen LogP) is 1.41. The van der Waals surface area contributed by atoms with Gasteiger partial charge in [0.1, 0.15) is 0 Å². The van der Waals surface area contributed by atoms with Gasteiger partial charge in [0.25, 0.3) is 0 Å². The van der Waals surface area contributed by atoms with Crippen molar-refractivity contribution in [1.29, 1.82) is 0 Å². The molecule has 2 heteroatoms. The molecule has 1 fully saturated rings. The molecule has 1 aliphatic rings. The quantitative estimate of drug-likeness (QED) is 0.481. The van der Waals surface area contributed by atoms with Crippen LogP contribution in [0.3, 0.4) is 0 Å². The summed E-state index contributed by atoms with van der Waals surface area (Å²) >= 11 is 1.85. The highest BCUT2D eigenvalue weighted by Gasteiger charge is 2.05. The molecule has 1 aliphatic heterocycles. The molecule has 42 valence electrons. The molecule has 1 N–H and O–H groups in total. The third-order valence-electron chi connectivity index (χ3n) is 1.17. The summed E-state index contributed by atoms with van der Waals surface area (Å²) in [7, 11) is 0. The van der Waals surface area contributed by atoms with Crippen LogP contribution in [-0.2, 0) is 0 Å². The molecule has 0 bridgehead atoms. The number of nitrogens with one attached hydrogen (secondary N) is 1. The Morgan fingerprint density at radius 2 is 2.57 bits per heavy atom. The van der Waals surface area contributed by atoms with Crippen LogP contribution < -0.4 is 4.72 Å². The standard InChI is InChI=1S/C5H11NS/c1-5-3-2-4-7-6-5/h5-6H,2-4H2,1H3. The zero-order chi connectivity index (χ0) is 5.11. The lowest BCUT2D eigenvalue weighted by molar-refractivity contribution is 0.600. The first-order valence-electron chi connectivity index (χ1n) is 2.77. The summed E-state index contributed by atoms with van der Waals surface area (Å²) in [4.78, 5) is 0. The van der Waals surface area contributed by atoms with E-state index in [0.717, 1.165) is 6.04 Å². The molecule has 1 heterocycles. The molecule has 0 saturated carbocycles. The van der Waals surface area contributed by atoms with E-state index in [1.807, 2.05) is 11.9 Å². The number of rotatable bonds is 0. The zero-order valence-electron chi connectivity index (χ0n) is 4.61. The Kier molecular flexibility index (Phi) is 2.00. The normalized spacial score (nSPS) is 33.0. The van der Waals surface area contributed by atoms with Gasteiger partial charge >= 0.3 is 0 Å². The van der Waals surface area contributed by atoms with E-state index in [2.05, 4.69) is 11.6 Å². The summed E-state index contributed by atoms with van der Waals surface area (Å²) in [5, 5.41) is 0. The van der Waals surface area contributed by atoms with Crippen LogP contribution >= 0.6 is 11.9 Å². The average Bonchev–Trinajstić information content (AvgIpc) is 1.69. The van der Waals surface area contributed by atoms with E-state index >= 15 is 0 Å². The van der Waals surface area contributed by atoms with Gasteiger partial charge in [0.2, 0.25) is 0 Å². The highest BCUT2D eigenvalue weighted by atomic mass is 32.2. The van der Waals surface area contributed by atoms with E-state index in [9.17, 15) is 0 Å². The Bertz CT molecular complexity index is 50.0. The van der Waals surface area contributed by atoms with Crippen molar-refractivity contribution in [1.82, 2.24) is 4.72 Å². The first-order valence-corrected chi connectivity index (χ1v) is 3.75. The molecule has 0 aliphatic carbocycles. The van der Waals surface area contributed by atoms with Gasteiger partial charge in [-0.25, -0.2) is 0 Å². The Balaban J connectivity index is 2.12. The fourth-order valence-corrected chi connectivity index (χ4v) is 1.55. The second-order valence-corrected chi connectivity index (χ2v) is 2.94. The molecule has 0 radical (unpaired) electrons. The lowest BCUT2D eigenvalue weighted by Gasteiger charge is -2.17. The van der Waals surface area contributed by atoms with Gasteiger partial charge in [-0.05, 0) is 19.8 Å². The van der Waals surface area contributed by atoms with Gasteiger partial charge in [-0.1, -0.05) is 11.9 Å². The number of hydrogen-bond acceptors (Lipinski definition) is 2. The summed E-state index contributed by atoms with van der Waals surface area (Å²) in [6.45, 7) is 2.23. The zero-order valence-corrected chi connectivity index (χ0v) is 5.42. The lowest BCUT2D eigenvalue weighted by Crippen LogP contribution is -2.23. The van der Waals surface area contributed by atoms with Crippen LogP contribution in [0.4, 0.5) is 0 Å². The lowest BCUT2D eigenvalue weighted by atomic mass is 10.2. The van der Waals surface area contributed by atoms with Crippen LogP contribution in [-0.4, -0.2) is 11.8 Å². The third kappa shape index (κ3) is 1.70. The molecule has 1 saturated heterocycles. The van der Waals surface area contributed by atoms with E-state index in [0.29, 0.717) is 0 Å².